The summed E-state index contributed by atoms with van der Waals surface area (Å²) < 4.78 is 15.3. The van der Waals surface area contributed by atoms with Crippen LogP contribution in [-0.2, 0) is 23.8 Å². The highest BCUT2D eigenvalue weighted by Gasteiger charge is 2.33. The Morgan fingerprint density at radius 3 is 2.45 bits per heavy atom. The zero-order chi connectivity index (χ0) is 20.4. The number of piperazine rings is 1. The second kappa shape index (κ2) is 8.42. The molecule has 0 bridgehead atoms. The molecule has 3 aliphatic heterocycles. The van der Waals surface area contributed by atoms with Gasteiger partial charge in [0.05, 0.1) is 26.4 Å². The molecular formula is C21H27N3O5. The Labute approximate surface area is 170 Å². The summed E-state index contributed by atoms with van der Waals surface area (Å²) in [6.07, 6.45) is 2.56. The molecule has 156 valence electrons. The lowest BCUT2D eigenvalue weighted by Crippen LogP contribution is -2.50. The van der Waals surface area contributed by atoms with E-state index in [2.05, 4.69) is 21.9 Å². The smallest absolute Gasteiger partial charge is 0.355 e. The first kappa shape index (κ1) is 19.7. The third-order valence-corrected chi connectivity index (χ3v) is 5.95. The SMILES string of the molecule is COC(=O)C1=C(C(=O)OC)N(c2ccc(N3CCN4CCCC4C3)cc2)COC1. The molecule has 29 heavy (non-hydrogen) atoms. The van der Waals surface area contributed by atoms with Gasteiger partial charge in [-0.15, -0.1) is 0 Å². The van der Waals surface area contributed by atoms with Gasteiger partial charge in [-0.2, -0.15) is 0 Å². The predicted molar refractivity (Wildman–Crippen MR) is 108 cm³/mol. The number of hydrogen-bond donors (Lipinski definition) is 0. The van der Waals surface area contributed by atoms with Crippen molar-refractivity contribution in [2.24, 2.45) is 0 Å². The van der Waals surface area contributed by atoms with Gasteiger partial charge < -0.3 is 24.0 Å². The van der Waals surface area contributed by atoms with Crippen molar-refractivity contribution in [1.29, 1.82) is 0 Å². The zero-order valence-electron chi connectivity index (χ0n) is 16.9. The van der Waals surface area contributed by atoms with Gasteiger partial charge >= 0.3 is 11.9 Å². The fourth-order valence-electron chi connectivity index (χ4n) is 4.42. The van der Waals surface area contributed by atoms with Gasteiger partial charge in [-0.25, -0.2) is 9.59 Å². The molecule has 0 aromatic heterocycles. The summed E-state index contributed by atoms with van der Waals surface area (Å²) in [6.45, 7) is 4.55. The van der Waals surface area contributed by atoms with Crippen LogP contribution in [-0.4, -0.2) is 76.6 Å². The van der Waals surface area contributed by atoms with Crippen molar-refractivity contribution in [3.05, 3.63) is 35.5 Å². The number of hydrogen-bond acceptors (Lipinski definition) is 8. The molecule has 3 heterocycles. The number of ether oxygens (including phenoxy) is 3. The van der Waals surface area contributed by atoms with Crippen molar-refractivity contribution in [2.45, 2.75) is 18.9 Å². The molecule has 3 aliphatic rings. The first-order valence-corrected chi connectivity index (χ1v) is 9.96. The molecule has 1 unspecified atom stereocenters. The van der Waals surface area contributed by atoms with Gasteiger partial charge in [0, 0.05) is 37.1 Å². The Morgan fingerprint density at radius 1 is 1.00 bits per heavy atom. The molecule has 1 aromatic rings. The molecule has 2 fully saturated rings. The average Bonchev–Trinajstić information content (AvgIpc) is 3.25. The number of benzene rings is 1. The summed E-state index contributed by atoms with van der Waals surface area (Å²) in [5.41, 5.74) is 2.25. The van der Waals surface area contributed by atoms with E-state index < -0.39 is 11.9 Å². The van der Waals surface area contributed by atoms with Gasteiger partial charge in [-0.1, -0.05) is 0 Å². The minimum Gasteiger partial charge on any atom is -0.466 e. The lowest BCUT2D eigenvalue weighted by molar-refractivity contribution is -0.140. The Balaban J connectivity index is 1.57. The van der Waals surface area contributed by atoms with Crippen LogP contribution < -0.4 is 9.80 Å². The van der Waals surface area contributed by atoms with Gasteiger partial charge in [-0.05, 0) is 43.7 Å². The Kier molecular flexibility index (Phi) is 5.73. The number of esters is 2. The Morgan fingerprint density at radius 2 is 1.72 bits per heavy atom. The molecular weight excluding hydrogens is 374 g/mol. The standard InChI is InChI=1S/C21H27N3O5/c1-27-20(25)18-13-29-14-24(19(18)21(26)28-2)16-7-5-15(6-8-16)23-11-10-22-9-3-4-17(22)12-23/h5-8,17H,3-4,9-14H2,1-2H3. The van der Waals surface area contributed by atoms with Crippen LogP contribution in [0.15, 0.2) is 35.5 Å². The van der Waals surface area contributed by atoms with E-state index in [-0.39, 0.29) is 24.6 Å². The van der Waals surface area contributed by atoms with Crippen LogP contribution in [0.4, 0.5) is 11.4 Å². The van der Waals surface area contributed by atoms with Crippen LogP contribution in [0.2, 0.25) is 0 Å². The second-order valence-corrected chi connectivity index (χ2v) is 7.51. The molecule has 0 saturated carbocycles. The van der Waals surface area contributed by atoms with E-state index in [4.69, 9.17) is 14.2 Å². The minimum atomic E-state index is -0.596. The van der Waals surface area contributed by atoms with Gasteiger partial charge in [-0.3, -0.25) is 4.90 Å². The van der Waals surface area contributed by atoms with Gasteiger partial charge in [0.1, 0.15) is 12.4 Å². The number of fused-ring (bicyclic) bond motifs is 1. The third-order valence-electron chi connectivity index (χ3n) is 5.95. The van der Waals surface area contributed by atoms with Gasteiger partial charge in [0.15, 0.2) is 0 Å². The molecule has 2 saturated heterocycles. The first-order valence-electron chi connectivity index (χ1n) is 9.96. The number of nitrogens with zero attached hydrogens (tertiary/aromatic N) is 3. The molecule has 0 aliphatic carbocycles. The molecule has 0 amide bonds. The van der Waals surface area contributed by atoms with Gasteiger partial charge in [0.2, 0.25) is 0 Å². The topological polar surface area (TPSA) is 71.6 Å². The van der Waals surface area contributed by atoms with E-state index in [1.165, 1.54) is 33.6 Å². The molecule has 8 heteroatoms. The van der Waals surface area contributed by atoms with Crippen LogP contribution in [0.5, 0.6) is 0 Å². The maximum Gasteiger partial charge on any atom is 0.355 e. The summed E-state index contributed by atoms with van der Waals surface area (Å²) in [4.78, 5) is 31.2. The number of anilines is 2. The quantitative estimate of drug-likeness (QED) is 0.701. The van der Waals surface area contributed by atoms with Crippen LogP contribution in [0.3, 0.4) is 0 Å². The molecule has 1 aromatic carbocycles. The number of carbonyl (C=O) groups is 2. The molecule has 0 N–H and O–H groups in total. The Hall–Kier alpha value is -2.58. The molecule has 1 atom stereocenters. The third kappa shape index (κ3) is 3.82. The van der Waals surface area contributed by atoms with Crippen molar-refractivity contribution >= 4 is 23.3 Å². The van der Waals surface area contributed by atoms with Crippen molar-refractivity contribution in [3.63, 3.8) is 0 Å². The van der Waals surface area contributed by atoms with E-state index in [0.717, 1.165) is 31.0 Å². The molecule has 0 spiro atoms. The number of rotatable bonds is 4. The lowest BCUT2D eigenvalue weighted by atomic mass is 10.1. The number of methoxy groups -OCH3 is 2. The summed E-state index contributed by atoms with van der Waals surface area (Å²) in [5.74, 6) is -1.18. The van der Waals surface area contributed by atoms with Crippen LogP contribution in [0, 0.1) is 0 Å². The fraction of sp³-hybridized carbons (Fsp3) is 0.524. The molecule has 8 nitrogen and oxygen atoms in total. The first-order chi connectivity index (χ1) is 14.1. The van der Waals surface area contributed by atoms with E-state index >= 15 is 0 Å². The summed E-state index contributed by atoms with van der Waals surface area (Å²) in [5, 5.41) is 0. The maximum atomic E-state index is 12.4. The fourth-order valence-corrected chi connectivity index (χ4v) is 4.42. The van der Waals surface area contributed by atoms with E-state index in [1.54, 1.807) is 4.90 Å². The lowest BCUT2D eigenvalue weighted by Gasteiger charge is -2.39. The van der Waals surface area contributed by atoms with Gasteiger partial charge in [0.25, 0.3) is 0 Å². The monoisotopic (exact) mass is 401 g/mol. The largest absolute Gasteiger partial charge is 0.466 e. The van der Waals surface area contributed by atoms with Crippen LogP contribution in [0.1, 0.15) is 12.8 Å². The van der Waals surface area contributed by atoms with E-state index in [0.29, 0.717) is 6.04 Å². The number of carbonyl (C=O) groups excluding carboxylic acids is 2. The summed E-state index contributed by atoms with van der Waals surface area (Å²) in [7, 11) is 2.58. The second-order valence-electron chi connectivity index (χ2n) is 7.51. The average molecular weight is 401 g/mol. The highest BCUT2D eigenvalue weighted by molar-refractivity contribution is 6.03. The van der Waals surface area contributed by atoms with E-state index in [1.807, 2.05) is 12.1 Å². The molecule has 0 radical (unpaired) electrons. The minimum absolute atomic E-state index is 0.0113. The normalized spacial score (nSPS) is 22.5. The zero-order valence-corrected chi connectivity index (χ0v) is 16.9. The summed E-state index contributed by atoms with van der Waals surface area (Å²) >= 11 is 0. The van der Waals surface area contributed by atoms with Crippen molar-refractivity contribution < 1.29 is 23.8 Å². The molecule has 4 rings (SSSR count). The van der Waals surface area contributed by atoms with Crippen LogP contribution in [0.25, 0.3) is 0 Å². The predicted octanol–water partition coefficient (Wildman–Crippen LogP) is 1.37. The highest BCUT2D eigenvalue weighted by Crippen LogP contribution is 2.30. The highest BCUT2D eigenvalue weighted by atomic mass is 16.5. The Bertz CT molecular complexity index is 807. The maximum absolute atomic E-state index is 12.4. The van der Waals surface area contributed by atoms with Crippen molar-refractivity contribution in [3.8, 4) is 0 Å². The van der Waals surface area contributed by atoms with E-state index in [9.17, 15) is 9.59 Å². The summed E-state index contributed by atoms with van der Waals surface area (Å²) in [6, 6.07) is 8.66. The van der Waals surface area contributed by atoms with Crippen LogP contribution >= 0.6 is 0 Å². The van der Waals surface area contributed by atoms with Crippen molar-refractivity contribution in [2.75, 3.05) is 63.5 Å². The van der Waals surface area contributed by atoms with Crippen molar-refractivity contribution in [1.82, 2.24) is 4.90 Å².